The Bertz CT molecular complexity index is 586. The molecular formula is C13H14BrFN2O4. The Morgan fingerprint density at radius 3 is 2.52 bits per heavy atom. The van der Waals surface area contributed by atoms with Crippen LogP contribution in [0.3, 0.4) is 0 Å². The summed E-state index contributed by atoms with van der Waals surface area (Å²) in [5.74, 6) is -1.68. The first-order valence-electron chi connectivity index (χ1n) is 6.37. The van der Waals surface area contributed by atoms with E-state index in [4.69, 9.17) is 4.74 Å². The highest BCUT2D eigenvalue weighted by molar-refractivity contribution is 9.10. The van der Waals surface area contributed by atoms with Crippen molar-refractivity contribution in [2.75, 3.05) is 13.1 Å². The third kappa shape index (κ3) is 3.38. The van der Waals surface area contributed by atoms with Crippen LogP contribution in [-0.4, -0.2) is 41.0 Å². The van der Waals surface area contributed by atoms with Gasteiger partial charge in [-0.3, -0.25) is 14.9 Å². The number of nitrogens with zero attached hydrogens (tertiary/aromatic N) is 2. The molecule has 21 heavy (non-hydrogen) atoms. The molecule has 8 heteroatoms. The average Bonchev–Trinajstić information content (AvgIpc) is 2.38. The number of halogens is 2. The standard InChI is InChI=1S/C13H14BrFN2O4/c1-7-5-16(6-8(2)21-7)13(18)10-3-9(14)4-11(12(10)15)17(19)20/h3-4,7-8H,5-6H2,1-2H3/t7-,8+. The molecule has 0 N–H and O–H groups in total. The first kappa shape index (κ1) is 15.8. The number of amides is 1. The third-order valence-electron chi connectivity index (χ3n) is 3.15. The van der Waals surface area contributed by atoms with Gasteiger partial charge < -0.3 is 9.64 Å². The maximum absolute atomic E-state index is 14.2. The number of carbonyl (C=O) groups is 1. The zero-order valence-electron chi connectivity index (χ0n) is 11.5. The van der Waals surface area contributed by atoms with Gasteiger partial charge in [-0.15, -0.1) is 0 Å². The van der Waals surface area contributed by atoms with Crippen molar-refractivity contribution in [3.8, 4) is 0 Å². The number of hydrogen-bond acceptors (Lipinski definition) is 4. The Balaban J connectivity index is 2.37. The fourth-order valence-corrected chi connectivity index (χ4v) is 2.82. The highest BCUT2D eigenvalue weighted by atomic mass is 79.9. The largest absolute Gasteiger partial charge is 0.372 e. The molecule has 0 unspecified atom stereocenters. The van der Waals surface area contributed by atoms with E-state index in [1.807, 2.05) is 13.8 Å². The maximum Gasteiger partial charge on any atom is 0.306 e. The molecule has 1 saturated heterocycles. The van der Waals surface area contributed by atoms with Crippen LogP contribution in [0.5, 0.6) is 0 Å². The van der Waals surface area contributed by atoms with E-state index in [-0.39, 0.29) is 22.2 Å². The van der Waals surface area contributed by atoms with Crippen molar-refractivity contribution in [3.63, 3.8) is 0 Å². The molecule has 1 fully saturated rings. The maximum atomic E-state index is 14.2. The molecule has 6 nitrogen and oxygen atoms in total. The number of ether oxygens (including phenoxy) is 1. The lowest BCUT2D eigenvalue weighted by Crippen LogP contribution is -2.48. The highest BCUT2D eigenvalue weighted by Crippen LogP contribution is 2.27. The summed E-state index contributed by atoms with van der Waals surface area (Å²) in [6.07, 6.45) is -0.328. The summed E-state index contributed by atoms with van der Waals surface area (Å²) in [4.78, 5) is 23.9. The minimum absolute atomic E-state index is 0.164. The molecular weight excluding hydrogens is 347 g/mol. The van der Waals surface area contributed by atoms with Gasteiger partial charge in [0.2, 0.25) is 5.82 Å². The molecule has 0 aromatic heterocycles. The summed E-state index contributed by atoms with van der Waals surface area (Å²) in [6.45, 7) is 4.27. The molecule has 0 radical (unpaired) electrons. The van der Waals surface area contributed by atoms with Gasteiger partial charge in [-0.1, -0.05) is 15.9 Å². The van der Waals surface area contributed by atoms with Crippen LogP contribution in [0.2, 0.25) is 0 Å². The van der Waals surface area contributed by atoms with Crippen LogP contribution in [-0.2, 0) is 4.74 Å². The normalized spacial score (nSPS) is 22.2. The van der Waals surface area contributed by atoms with Crippen molar-refractivity contribution in [1.82, 2.24) is 4.90 Å². The van der Waals surface area contributed by atoms with Crippen LogP contribution in [0.1, 0.15) is 24.2 Å². The number of carbonyl (C=O) groups excluding carboxylic acids is 1. The van der Waals surface area contributed by atoms with E-state index in [1.54, 1.807) is 0 Å². The molecule has 0 spiro atoms. The molecule has 1 aromatic rings. The first-order chi connectivity index (χ1) is 9.79. The van der Waals surface area contributed by atoms with E-state index in [0.29, 0.717) is 13.1 Å². The monoisotopic (exact) mass is 360 g/mol. The Labute approximate surface area is 129 Å². The van der Waals surface area contributed by atoms with Crippen molar-refractivity contribution >= 4 is 27.5 Å². The minimum atomic E-state index is -1.11. The van der Waals surface area contributed by atoms with Crippen LogP contribution in [0.4, 0.5) is 10.1 Å². The zero-order chi connectivity index (χ0) is 15.7. The lowest BCUT2D eigenvalue weighted by Gasteiger charge is -2.35. The van der Waals surface area contributed by atoms with E-state index >= 15 is 0 Å². The van der Waals surface area contributed by atoms with Crippen LogP contribution >= 0.6 is 15.9 Å². The van der Waals surface area contributed by atoms with Gasteiger partial charge in [-0.05, 0) is 19.9 Å². The van der Waals surface area contributed by atoms with Crippen molar-refractivity contribution in [3.05, 3.63) is 38.1 Å². The zero-order valence-corrected chi connectivity index (χ0v) is 13.1. The van der Waals surface area contributed by atoms with E-state index in [9.17, 15) is 19.3 Å². The van der Waals surface area contributed by atoms with Crippen LogP contribution in [0, 0.1) is 15.9 Å². The number of hydrogen-bond donors (Lipinski definition) is 0. The predicted molar refractivity (Wildman–Crippen MR) is 76.7 cm³/mol. The van der Waals surface area contributed by atoms with Gasteiger partial charge in [0, 0.05) is 23.6 Å². The van der Waals surface area contributed by atoms with E-state index in [2.05, 4.69) is 15.9 Å². The Hall–Kier alpha value is -1.54. The molecule has 0 bridgehead atoms. The van der Waals surface area contributed by atoms with Gasteiger partial charge in [-0.2, -0.15) is 4.39 Å². The van der Waals surface area contributed by atoms with Crippen molar-refractivity contribution in [1.29, 1.82) is 0 Å². The second kappa shape index (κ2) is 6.07. The Morgan fingerprint density at radius 1 is 1.43 bits per heavy atom. The molecule has 2 atom stereocenters. The fraction of sp³-hybridized carbons (Fsp3) is 0.462. The van der Waals surface area contributed by atoms with Crippen molar-refractivity contribution in [2.45, 2.75) is 26.1 Å². The Morgan fingerprint density at radius 2 is 2.00 bits per heavy atom. The van der Waals surface area contributed by atoms with Gasteiger partial charge in [0.25, 0.3) is 5.91 Å². The average molecular weight is 361 g/mol. The molecule has 1 heterocycles. The number of rotatable bonds is 2. The Kier molecular flexibility index (Phi) is 4.58. The summed E-state index contributed by atoms with van der Waals surface area (Å²) in [5, 5.41) is 10.8. The first-order valence-corrected chi connectivity index (χ1v) is 7.17. The van der Waals surface area contributed by atoms with Gasteiger partial charge in [-0.25, -0.2) is 0 Å². The van der Waals surface area contributed by atoms with Gasteiger partial charge in [0.1, 0.15) is 0 Å². The molecule has 1 aliphatic rings. The third-order valence-corrected chi connectivity index (χ3v) is 3.61. The second-order valence-electron chi connectivity index (χ2n) is 5.01. The lowest BCUT2D eigenvalue weighted by molar-refractivity contribution is -0.387. The molecule has 114 valence electrons. The molecule has 1 aliphatic heterocycles. The molecule has 0 saturated carbocycles. The van der Waals surface area contributed by atoms with Gasteiger partial charge in [0.05, 0.1) is 22.7 Å². The summed E-state index contributed by atoms with van der Waals surface area (Å²) >= 11 is 3.06. The summed E-state index contributed by atoms with van der Waals surface area (Å²) in [6, 6.07) is 2.30. The van der Waals surface area contributed by atoms with E-state index in [0.717, 1.165) is 6.07 Å². The highest BCUT2D eigenvalue weighted by Gasteiger charge is 2.31. The molecule has 1 amide bonds. The quantitative estimate of drug-likeness (QED) is 0.600. The number of nitro benzene ring substituents is 1. The van der Waals surface area contributed by atoms with E-state index < -0.39 is 22.3 Å². The fourth-order valence-electron chi connectivity index (χ4n) is 2.38. The smallest absolute Gasteiger partial charge is 0.306 e. The van der Waals surface area contributed by atoms with Crippen LogP contribution in [0.15, 0.2) is 16.6 Å². The number of benzene rings is 1. The molecule has 2 rings (SSSR count). The summed E-state index contributed by atoms with van der Waals surface area (Å²) in [5.41, 5.74) is -1.03. The minimum Gasteiger partial charge on any atom is -0.372 e. The summed E-state index contributed by atoms with van der Waals surface area (Å²) in [7, 11) is 0. The summed E-state index contributed by atoms with van der Waals surface area (Å²) < 4.78 is 20.0. The van der Waals surface area contributed by atoms with Crippen molar-refractivity contribution < 1.29 is 18.8 Å². The SMILES string of the molecule is C[C@@H]1CN(C(=O)c2cc(Br)cc([N+](=O)[O-])c2F)C[C@H](C)O1. The van der Waals surface area contributed by atoms with E-state index in [1.165, 1.54) is 11.0 Å². The lowest BCUT2D eigenvalue weighted by atomic mass is 10.1. The van der Waals surface area contributed by atoms with Gasteiger partial charge in [0.15, 0.2) is 0 Å². The molecule has 1 aromatic carbocycles. The van der Waals surface area contributed by atoms with Gasteiger partial charge >= 0.3 is 5.69 Å². The number of morpholine rings is 1. The second-order valence-corrected chi connectivity index (χ2v) is 5.93. The van der Waals surface area contributed by atoms with Crippen LogP contribution in [0.25, 0.3) is 0 Å². The van der Waals surface area contributed by atoms with Crippen LogP contribution < -0.4 is 0 Å². The molecule has 0 aliphatic carbocycles. The topological polar surface area (TPSA) is 72.7 Å². The van der Waals surface area contributed by atoms with Crippen molar-refractivity contribution in [2.24, 2.45) is 0 Å². The number of nitro groups is 1. The predicted octanol–water partition coefficient (Wildman–Crippen LogP) is 2.75.